The van der Waals surface area contributed by atoms with E-state index in [1.807, 2.05) is 19.9 Å². The molecule has 1 aliphatic heterocycles. The summed E-state index contributed by atoms with van der Waals surface area (Å²) < 4.78 is 0. The van der Waals surface area contributed by atoms with E-state index in [1.165, 1.54) is 13.1 Å². The Morgan fingerprint density at radius 3 is 2.75 bits per heavy atom. The van der Waals surface area contributed by atoms with E-state index in [0.29, 0.717) is 5.71 Å². The fourth-order valence-corrected chi connectivity index (χ4v) is 0.885. The molecule has 0 atom stereocenters. The molecule has 0 saturated carbocycles. The number of carbonyl (C=O) groups is 1. The van der Waals surface area contributed by atoms with Crippen LogP contribution in [0.3, 0.4) is 0 Å². The molecule has 1 aliphatic rings. The average molecular weight is 164 g/mol. The van der Waals surface area contributed by atoms with Crippen molar-refractivity contribution in [1.29, 1.82) is 0 Å². The number of ketones is 1. The second-order valence-electron chi connectivity index (χ2n) is 3.30. The molecule has 3 heteroatoms. The Hall–Kier alpha value is -1.25. The Balaban J connectivity index is 3.03. The number of hydrogen-bond donors (Lipinski definition) is 0. The zero-order valence-corrected chi connectivity index (χ0v) is 7.53. The van der Waals surface area contributed by atoms with E-state index in [4.69, 9.17) is 0 Å². The van der Waals surface area contributed by atoms with E-state index in [2.05, 4.69) is 9.98 Å². The first-order valence-corrected chi connectivity index (χ1v) is 3.83. The smallest absolute Gasteiger partial charge is 0.179 e. The van der Waals surface area contributed by atoms with Crippen molar-refractivity contribution in [1.82, 2.24) is 0 Å². The zero-order valence-electron chi connectivity index (χ0n) is 7.53. The maximum absolute atomic E-state index is 11.0. The summed E-state index contributed by atoms with van der Waals surface area (Å²) in [6, 6.07) is 0. The minimum Gasteiger partial charge on any atom is -0.293 e. The molecule has 64 valence electrons. The highest BCUT2D eigenvalue weighted by atomic mass is 16.1. The van der Waals surface area contributed by atoms with Gasteiger partial charge in [0.05, 0.1) is 11.8 Å². The first kappa shape index (κ1) is 8.84. The highest BCUT2D eigenvalue weighted by Gasteiger charge is 2.15. The van der Waals surface area contributed by atoms with Crippen molar-refractivity contribution in [3.05, 3.63) is 12.3 Å². The summed E-state index contributed by atoms with van der Waals surface area (Å²) >= 11 is 0. The van der Waals surface area contributed by atoms with Crippen LogP contribution in [0, 0.1) is 0 Å². The van der Waals surface area contributed by atoms with Gasteiger partial charge in [0.1, 0.15) is 5.71 Å². The maximum Gasteiger partial charge on any atom is 0.179 e. The van der Waals surface area contributed by atoms with Crippen LogP contribution < -0.4 is 0 Å². The number of rotatable bonds is 1. The third-order valence-corrected chi connectivity index (χ3v) is 1.53. The van der Waals surface area contributed by atoms with Crippen LogP contribution in [0.5, 0.6) is 0 Å². The second kappa shape index (κ2) is 3.01. The van der Waals surface area contributed by atoms with Gasteiger partial charge in [0.25, 0.3) is 0 Å². The van der Waals surface area contributed by atoms with Gasteiger partial charge in [-0.25, -0.2) is 0 Å². The van der Waals surface area contributed by atoms with Crippen LogP contribution >= 0.6 is 0 Å². The molecule has 1 rings (SSSR count). The lowest BCUT2D eigenvalue weighted by atomic mass is 10.1. The van der Waals surface area contributed by atoms with Crippen LogP contribution in [0.25, 0.3) is 0 Å². The highest BCUT2D eigenvalue weighted by molar-refractivity contribution is 6.61. The third kappa shape index (κ3) is 2.12. The molecule has 0 amide bonds. The highest BCUT2D eigenvalue weighted by Crippen LogP contribution is 2.12. The van der Waals surface area contributed by atoms with Crippen molar-refractivity contribution in [2.75, 3.05) is 0 Å². The van der Waals surface area contributed by atoms with E-state index in [0.717, 1.165) is 0 Å². The van der Waals surface area contributed by atoms with Crippen molar-refractivity contribution < 1.29 is 4.79 Å². The average Bonchev–Trinajstić information content (AvgIpc) is 2.10. The summed E-state index contributed by atoms with van der Waals surface area (Å²) in [7, 11) is 0. The van der Waals surface area contributed by atoms with Crippen LogP contribution in [0.1, 0.15) is 20.8 Å². The monoisotopic (exact) mass is 164 g/mol. The zero-order chi connectivity index (χ0) is 9.19. The molecule has 0 saturated heterocycles. The van der Waals surface area contributed by atoms with E-state index in [1.54, 1.807) is 6.20 Å². The molecule has 0 aliphatic carbocycles. The molecule has 0 aromatic carbocycles. The summed E-state index contributed by atoms with van der Waals surface area (Å²) in [5.74, 6) is -0.0458. The molecular formula is C9H12N2O. The standard InChI is InChI=1S/C9H12N2O/c1-7(12)8-6-10-5-4-9(2,3)11-8/h4-6H,1-3H3. The predicted octanol–water partition coefficient (Wildman–Crippen LogP) is 1.39. The third-order valence-electron chi connectivity index (χ3n) is 1.53. The van der Waals surface area contributed by atoms with E-state index < -0.39 is 0 Å². The lowest BCUT2D eigenvalue weighted by Crippen LogP contribution is -2.19. The van der Waals surface area contributed by atoms with Crippen LogP contribution in [0.4, 0.5) is 0 Å². The minimum atomic E-state index is -0.322. The summed E-state index contributed by atoms with van der Waals surface area (Å²) in [4.78, 5) is 19.1. The first-order chi connectivity index (χ1) is 5.51. The summed E-state index contributed by atoms with van der Waals surface area (Å²) in [6.45, 7) is 5.36. The Kier molecular flexibility index (Phi) is 2.22. The number of nitrogens with zero attached hydrogens (tertiary/aromatic N) is 2. The second-order valence-corrected chi connectivity index (χ2v) is 3.30. The molecule has 3 nitrogen and oxygen atoms in total. The quantitative estimate of drug-likeness (QED) is 0.577. The van der Waals surface area contributed by atoms with E-state index >= 15 is 0 Å². The van der Waals surface area contributed by atoms with Gasteiger partial charge < -0.3 is 0 Å². The fourth-order valence-electron chi connectivity index (χ4n) is 0.885. The van der Waals surface area contributed by atoms with Gasteiger partial charge in [0.15, 0.2) is 5.78 Å². The summed E-state index contributed by atoms with van der Waals surface area (Å²) in [5, 5.41) is 0. The van der Waals surface area contributed by atoms with E-state index in [9.17, 15) is 4.79 Å². The predicted molar refractivity (Wildman–Crippen MR) is 49.8 cm³/mol. The van der Waals surface area contributed by atoms with Gasteiger partial charge in [0.2, 0.25) is 0 Å². The molecule has 0 fully saturated rings. The number of carbonyl (C=O) groups excluding carboxylic acids is 1. The Labute approximate surface area is 71.9 Å². The topological polar surface area (TPSA) is 41.8 Å². The van der Waals surface area contributed by atoms with Crippen LogP contribution in [-0.4, -0.2) is 23.2 Å². The Bertz CT molecular complexity index is 285. The molecule has 0 aromatic heterocycles. The minimum absolute atomic E-state index is 0.0458. The van der Waals surface area contributed by atoms with Gasteiger partial charge in [-0.15, -0.1) is 0 Å². The van der Waals surface area contributed by atoms with Crippen molar-refractivity contribution in [2.45, 2.75) is 26.3 Å². The SMILES string of the molecule is CC(=O)C1=NC(C)(C)C=CN=C1. The largest absolute Gasteiger partial charge is 0.293 e. The Morgan fingerprint density at radius 2 is 2.17 bits per heavy atom. The van der Waals surface area contributed by atoms with Gasteiger partial charge >= 0.3 is 0 Å². The lowest BCUT2D eigenvalue weighted by molar-refractivity contribution is -0.110. The molecule has 0 unspecified atom stereocenters. The fraction of sp³-hybridized carbons (Fsp3) is 0.444. The number of Topliss-reactive ketones (excluding diaryl/α,β-unsaturated/α-hetero) is 1. The molecule has 0 radical (unpaired) electrons. The first-order valence-electron chi connectivity index (χ1n) is 3.83. The molecular weight excluding hydrogens is 152 g/mol. The number of aliphatic imine (C=N–C) groups is 2. The van der Waals surface area contributed by atoms with Gasteiger partial charge in [-0.1, -0.05) is 0 Å². The molecule has 0 N–H and O–H groups in total. The number of hydrogen-bond acceptors (Lipinski definition) is 3. The lowest BCUT2D eigenvalue weighted by Gasteiger charge is -2.12. The molecule has 12 heavy (non-hydrogen) atoms. The maximum atomic E-state index is 11.0. The normalized spacial score (nSPS) is 20.1. The van der Waals surface area contributed by atoms with Crippen molar-refractivity contribution in [2.24, 2.45) is 9.98 Å². The van der Waals surface area contributed by atoms with Crippen molar-refractivity contribution >= 4 is 17.7 Å². The van der Waals surface area contributed by atoms with Crippen LogP contribution in [-0.2, 0) is 4.79 Å². The summed E-state index contributed by atoms with van der Waals surface area (Å²) in [5.41, 5.74) is 0.113. The summed E-state index contributed by atoms with van der Waals surface area (Å²) in [6.07, 6.45) is 5.02. The molecule has 0 bridgehead atoms. The van der Waals surface area contributed by atoms with Crippen molar-refractivity contribution in [3.63, 3.8) is 0 Å². The van der Waals surface area contributed by atoms with Gasteiger partial charge in [-0.05, 0) is 19.9 Å². The van der Waals surface area contributed by atoms with Gasteiger partial charge in [0, 0.05) is 13.1 Å². The molecule has 1 heterocycles. The Morgan fingerprint density at radius 1 is 1.50 bits per heavy atom. The van der Waals surface area contributed by atoms with Gasteiger partial charge in [-0.2, -0.15) is 0 Å². The molecule has 0 spiro atoms. The van der Waals surface area contributed by atoms with Crippen LogP contribution in [0.15, 0.2) is 22.3 Å². The van der Waals surface area contributed by atoms with Gasteiger partial charge in [-0.3, -0.25) is 14.8 Å². The van der Waals surface area contributed by atoms with Crippen molar-refractivity contribution in [3.8, 4) is 0 Å². The van der Waals surface area contributed by atoms with E-state index in [-0.39, 0.29) is 11.3 Å². The van der Waals surface area contributed by atoms with Crippen LogP contribution in [0.2, 0.25) is 0 Å². The molecule has 0 aromatic rings.